The quantitative estimate of drug-likeness (QED) is 0.880. The summed E-state index contributed by atoms with van der Waals surface area (Å²) in [6, 6.07) is 4.92. The number of H-pyrrole nitrogens is 1. The smallest absolute Gasteiger partial charge is 0.245 e. The molecular formula is C13H15BrFN5. The number of hydrogen-bond acceptors (Lipinski definition) is 4. The molecular weight excluding hydrogens is 325 g/mol. The van der Waals surface area contributed by atoms with Gasteiger partial charge in [-0.15, -0.1) is 5.10 Å². The summed E-state index contributed by atoms with van der Waals surface area (Å²) in [6.45, 7) is 3.76. The van der Waals surface area contributed by atoms with Crippen LogP contribution in [0.25, 0.3) is 11.4 Å². The SMILES string of the molecule is Fc1cc(-c2nc(N3CCCNCC3)n[nH]2)ccc1Br. The molecule has 1 fully saturated rings. The molecule has 0 unspecified atom stereocenters. The van der Waals surface area contributed by atoms with Crippen molar-refractivity contribution in [2.24, 2.45) is 0 Å². The van der Waals surface area contributed by atoms with Crippen LogP contribution in [0.4, 0.5) is 10.3 Å². The third-order valence-corrected chi connectivity index (χ3v) is 3.93. The van der Waals surface area contributed by atoms with Crippen molar-refractivity contribution in [3.63, 3.8) is 0 Å². The molecule has 20 heavy (non-hydrogen) atoms. The maximum atomic E-state index is 13.6. The Bertz CT molecular complexity index is 592. The fourth-order valence-corrected chi connectivity index (χ4v) is 2.46. The highest BCUT2D eigenvalue weighted by Gasteiger charge is 2.15. The van der Waals surface area contributed by atoms with E-state index in [-0.39, 0.29) is 5.82 Å². The largest absolute Gasteiger partial charge is 0.338 e. The van der Waals surface area contributed by atoms with E-state index in [0.29, 0.717) is 21.8 Å². The van der Waals surface area contributed by atoms with Gasteiger partial charge >= 0.3 is 0 Å². The van der Waals surface area contributed by atoms with Gasteiger partial charge in [-0.05, 0) is 47.1 Å². The Labute approximate surface area is 124 Å². The molecule has 2 N–H and O–H groups in total. The molecule has 1 aromatic heterocycles. The minimum absolute atomic E-state index is 0.306. The van der Waals surface area contributed by atoms with E-state index in [1.807, 2.05) is 0 Å². The van der Waals surface area contributed by atoms with Crippen LogP contribution < -0.4 is 10.2 Å². The first-order chi connectivity index (χ1) is 9.74. The maximum Gasteiger partial charge on any atom is 0.245 e. The average Bonchev–Trinajstić information content (AvgIpc) is 2.78. The van der Waals surface area contributed by atoms with Crippen molar-refractivity contribution in [2.45, 2.75) is 6.42 Å². The van der Waals surface area contributed by atoms with E-state index in [0.717, 1.165) is 32.6 Å². The van der Waals surface area contributed by atoms with Gasteiger partial charge in [-0.25, -0.2) is 4.39 Å². The normalized spacial score (nSPS) is 16.2. The van der Waals surface area contributed by atoms with E-state index in [4.69, 9.17) is 0 Å². The van der Waals surface area contributed by atoms with Gasteiger partial charge in [0.05, 0.1) is 4.47 Å². The van der Waals surface area contributed by atoms with Gasteiger partial charge in [-0.1, -0.05) is 0 Å². The first-order valence-electron chi connectivity index (χ1n) is 6.57. The van der Waals surface area contributed by atoms with Gasteiger partial charge in [0.2, 0.25) is 5.95 Å². The van der Waals surface area contributed by atoms with Crippen LogP contribution in [0.3, 0.4) is 0 Å². The van der Waals surface area contributed by atoms with E-state index in [9.17, 15) is 4.39 Å². The van der Waals surface area contributed by atoms with Crippen LogP contribution in [-0.4, -0.2) is 41.4 Å². The molecule has 0 atom stereocenters. The number of halogens is 2. The minimum Gasteiger partial charge on any atom is -0.338 e. The maximum absolute atomic E-state index is 13.6. The summed E-state index contributed by atoms with van der Waals surface area (Å²) in [4.78, 5) is 6.60. The highest BCUT2D eigenvalue weighted by molar-refractivity contribution is 9.10. The molecule has 1 aliphatic rings. The summed E-state index contributed by atoms with van der Waals surface area (Å²) >= 11 is 3.14. The molecule has 1 saturated heterocycles. The van der Waals surface area contributed by atoms with Crippen molar-refractivity contribution in [1.82, 2.24) is 20.5 Å². The molecule has 1 aromatic carbocycles. The number of rotatable bonds is 2. The number of nitrogens with zero attached hydrogens (tertiary/aromatic N) is 3. The van der Waals surface area contributed by atoms with Crippen LogP contribution >= 0.6 is 15.9 Å². The summed E-state index contributed by atoms with van der Waals surface area (Å²) in [5.41, 5.74) is 0.692. The number of aromatic nitrogens is 3. The van der Waals surface area contributed by atoms with Gasteiger partial charge in [0.15, 0.2) is 5.82 Å². The molecule has 3 rings (SSSR count). The van der Waals surface area contributed by atoms with Crippen molar-refractivity contribution in [2.75, 3.05) is 31.1 Å². The molecule has 0 bridgehead atoms. The zero-order chi connectivity index (χ0) is 13.9. The van der Waals surface area contributed by atoms with Crippen LogP contribution in [-0.2, 0) is 0 Å². The van der Waals surface area contributed by atoms with Gasteiger partial charge in [0.1, 0.15) is 5.82 Å². The number of benzene rings is 1. The lowest BCUT2D eigenvalue weighted by molar-refractivity contribution is 0.621. The van der Waals surface area contributed by atoms with Gasteiger partial charge in [-0.3, -0.25) is 5.10 Å². The third-order valence-electron chi connectivity index (χ3n) is 3.29. The molecule has 0 aliphatic carbocycles. The van der Waals surface area contributed by atoms with E-state index in [1.165, 1.54) is 6.07 Å². The lowest BCUT2D eigenvalue weighted by Gasteiger charge is -2.16. The van der Waals surface area contributed by atoms with Gasteiger partial charge in [0.25, 0.3) is 0 Å². The highest BCUT2D eigenvalue weighted by Crippen LogP contribution is 2.23. The number of hydrogen-bond donors (Lipinski definition) is 2. The van der Waals surface area contributed by atoms with Gasteiger partial charge in [-0.2, -0.15) is 4.98 Å². The summed E-state index contributed by atoms with van der Waals surface area (Å²) < 4.78 is 14.0. The third kappa shape index (κ3) is 2.83. The Morgan fingerprint density at radius 1 is 1.25 bits per heavy atom. The second-order valence-electron chi connectivity index (χ2n) is 4.70. The Kier molecular flexibility index (Phi) is 3.98. The second kappa shape index (κ2) is 5.88. The van der Waals surface area contributed by atoms with Gasteiger partial charge < -0.3 is 10.2 Å². The fourth-order valence-electron chi connectivity index (χ4n) is 2.21. The molecule has 5 nitrogen and oxygen atoms in total. The van der Waals surface area contributed by atoms with Crippen molar-refractivity contribution >= 4 is 21.9 Å². The van der Waals surface area contributed by atoms with Crippen LogP contribution in [0.5, 0.6) is 0 Å². The number of aromatic amines is 1. The Morgan fingerprint density at radius 2 is 2.15 bits per heavy atom. The van der Waals surface area contributed by atoms with Crippen molar-refractivity contribution in [3.8, 4) is 11.4 Å². The van der Waals surface area contributed by atoms with Crippen molar-refractivity contribution < 1.29 is 4.39 Å². The Balaban J connectivity index is 1.83. The lowest BCUT2D eigenvalue weighted by atomic mass is 10.2. The molecule has 0 radical (unpaired) electrons. The van der Waals surface area contributed by atoms with E-state index in [1.54, 1.807) is 12.1 Å². The summed E-state index contributed by atoms with van der Waals surface area (Å²) in [6.07, 6.45) is 1.07. The van der Waals surface area contributed by atoms with Crippen LogP contribution in [0.2, 0.25) is 0 Å². The zero-order valence-corrected chi connectivity index (χ0v) is 12.5. The average molecular weight is 340 g/mol. The van der Waals surface area contributed by atoms with Crippen molar-refractivity contribution in [3.05, 3.63) is 28.5 Å². The summed E-state index contributed by atoms with van der Waals surface area (Å²) in [5, 5.41) is 10.5. The topological polar surface area (TPSA) is 56.8 Å². The highest BCUT2D eigenvalue weighted by atomic mass is 79.9. The molecule has 0 spiro atoms. The van der Waals surface area contributed by atoms with E-state index >= 15 is 0 Å². The second-order valence-corrected chi connectivity index (χ2v) is 5.56. The Morgan fingerprint density at radius 3 is 3.00 bits per heavy atom. The summed E-state index contributed by atoms with van der Waals surface area (Å²) in [5.74, 6) is 0.954. The Hall–Kier alpha value is -1.47. The lowest BCUT2D eigenvalue weighted by Crippen LogP contribution is -2.28. The first kappa shape index (κ1) is 13.5. The predicted octanol–water partition coefficient (Wildman–Crippen LogP) is 2.17. The first-order valence-corrected chi connectivity index (χ1v) is 7.37. The molecule has 7 heteroatoms. The number of nitrogens with one attached hydrogen (secondary N) is 2. The minimum atomic E-state index is -0.306. The van der Waals surface area contributed by atoms with Crippen molar-refractivity contribution in [1.29, 1.82) is 0 Å². The standard InChI is InChI=1S/C13H15BrFN5/c14-10-3-2-9(8-11(10)15)12-17-13(19-18-12)20-6-1-4-16-5-7-20/h2-3,8,16H,1,4-7H2,(H,17,18,19). The van der Waals surface area contributed by atoms with Crippen LogP contribution in [0.1, 0.15) is 6.42 Å². The zero-order valence-electron chi connectivity index (χ0n) is 10.9. The van der Waals surface area contributed by atoms with Crippen LogP contribution in [0, 0.1) is 5.82 Å². The van der Waals surface area contributed by atoms with E-state index < -0.39 is 0 Å². The molecule has 0 saturated carbocycles. The van der Waals surface area contributed by atoms with Crippen LogP contribution in [0.15, 0.2) is 22.7 Å². The molecule has 2 heterocycles. The molecule has 106 valence electrons. The monoisotopic (exact) mass is 339 g/mol. The number of anilines is 1. The molecule has 1 aliphatic heterocycles. The predicted molar refractivity (Wildman–Crippen MR) is 79.2 cm³/mol. The molecule has 2 aromatic rings. The fraction of sp³-hybridized carbons (Fsp3) is 0.385. The summed E-state index contributed by atoms with van der Waals surface area (Å²) in [7, 11) is 0. The molecule has 0 amide bonds. The van der Waals surface area contributed by atoms with Gasteiger partial charge in [0, 0.05) is 25.2 Å². The van der Waals surface area contributed by atoms with E-state index in [2.05, 4.69) is 41.3 Å².